The number of likely N-dealkylation sites (tertiary alicyclic amines) is 1. The van der Waals surface area contributed by atoms with Gasteiger partial charge in [0.2, 0.25) is 5.91 Å². The summed E-state index contributed by atoms with van der Waals surface area (Å²) in [6.07, 6.45) is 3.30. The van der Waals surface area contributed by atoms with Gasteiger partial charge in [0.05, 0.1) is 34.8 Å². The van der Waals surface area contributed by atoms with Crippen molar-refractivity contribution in [1.29, 1.82) is 0 Å². The molecule has 16 heteroatoms. The summed E-state index contributed by atoms with van der Waals surface area (Å²) in [6.45, 7) is 16.6. The number of carbonyl (C=O) groups excluding carboxylic acids is 4. The third kappa shape index (κ3) is 9.50. The number of carbonyl (C=O) groups is 4. The molecule has 3 N–H and O–H groups in total. The van der Waals surface area contributed by atoms with Crippen molar-refractivity contribution in [2.45, 2.75) is 111 Å². The molecule has 3 aliphatic rings. The normalized spacial score (nSPS) is 21.1. The first-order chi connectivity index (χ1) is 30.0. The lowest BCUT2D eigenvalue weighted by atomic mass is 9.84. The third-order valence-electron chi connectivity index (χ3n) is 13.1. The van der Waals surface area contributed by atoms with Crippen LogP contribution in [0.3, 0.4) is 0 Å². The molecule has 2 fully saturated rings. The Morgan fingerprint density at radius 2 is 1.90 bits per heavy atom. The highest BCUT2D eigenvalue weighted by molar-refractivity contribution is 7.10. The van der Waals surface area contributed by atoms with Crippen molar-refractivity contribution < 1.29 is 28.7 Å². The number of hydrogen-bond acceptors (Lipinski definition) is 11. The fraction of sp³-hybridized carbons (Fsp3) is 0.574. The molecule has 6 bridgehead atoms. The number of hydrogen-bond donors (Lipinski definition) is 3. The summed E-state index contributed by atoms with van der Waals surface area (Å²) in [6, 6.07) is 7.87. The molecule has 4 aromatic rings. The summed E-state index contributed by atoms with van der Waals surface area (Å²) >= 11 is 1.43. The van der Waals surface area contributed by atoms with E-state index in [1.54, 1.807) is 25.3 Å². The average Bonchev–Trinajstić information content (AvgIpc) is 3.85. The highest BCUT2D eigenvalue weighted by Crippen LogP contribution is 2.42. The molecule has 6 heterocycles. The zero-order valence-electron chi connectivity index (χ0n) is 38.5. The summed E-state index contributed by atoms with van der Waals surface area (Å²) < 4.78 is 14.2. The van der Waals surface area contributed by atoms with Gasteiger partial charge in [0.25, 0.3) is 5.91 Å². The minimum atomic E-state index is -1.04. The van der Waals surface area contributed by atoms with Crippen LogP contribution >= 0.6 is 11.3 Å². The number of hydrazine groups is 1. The Morgan fingerprint density at radius 1 is 1.14 bits per heavy atom. The zero-order chi connectivity index (χ0) is 45.3. The maximum absolute atomic E-state index is 14.6. The first-order valence-corrected chi connectivity index (χ1v) is 23.2. The van der Waals surface area contributed by atoms with Crippen molar-refractivity contribution in [2.75, 3.05) is 47.4 Å². The van der Waals surface area contributed by atoms with Crippen molar-refractivity contribution in [3.63, 3.8) is 0 Å². The number of benzene rings is 1. The monoisotopic (exact) mass is 883 g/mol. The lowest BCUT2D eigenvalue weighted by molar-refractivity contribution is -0.155. The quantitative estimate of drug-likeness (QED) is 0.166. The van der Waals surface area contributed by atoms with Crippen LogP contribution in [0.4, 0.5) is 4.79 Å². The number of nitrogens with zero attached hydrogens (tertiary/aromatic N) is 6. The number of ether oxygens (including phenoxy) is 2. The predicted molar refractivity (Wildman–Crippen MR) is 245 cm³/mol. The number of pyridine rings is 1. The van der Waals surface area contributed by atoms with Crippen LogP contribution in [0.2, 0.25) is 0 Å². The average molecular weight is 884 g/mol. The second-order valence-electron chi connectivity index (χ2n) is 18.6. The van der Waals surface area contributed by atoms with Crippen molar-refractivity contribution in [1.82, 2.24) is 45.4 Å². The van der Waals surface area contributed by atoms with E-state index in [4.69, 9.17) is 19.4 Å². The Kier molecular flexibility index (Phi) is 13.9. The van der Waals surface area contributed by atoms with Gasteiger partial charge in [0.1, 0.15) is 18.1 Å². The van der Waals surface area contributed by atoms with E-state index in [0.717, 1.165) is 44.7 Å². The van der Waals surface area contributed by atoms with E-state index in [-0.39, 0.29) is 43.0 Å². The molecule has 3 aromatic heterocycles. The van der Waals surface area contributed by atoms with Gasteiger partial charge < -0.3 is 34.5 Å². The van der Waals surface area contributed by atoms with Gasteiger partial charge in [-0.15, -0.1) is 11.3 Å². The number of nitrogens with one attached hydrogen (secondary N) is 3. The summed E-state index contributed by atoms with van der Waals surface area (Å²) in [5.41, 5.74) is 9.39. The van der Waals surface area contributed by atoms with E-state index in [9.17, 15) is 19.2 Å². The lowest BCUT2D eigenvalue weighted by Gasteiger charge is -2.45. The van der Waals surface area contributed by atoms with E-state index in [2.05, 4.69) is 72.6 Å². The van der Waals surface area contributed by atoms with Gasteiger partial charge in [0.15, 0.2) is 0 Å². The first-order valence-electron chi connectivity index (χ1n) is 22.4. The van der Waals surface area contributed by atoms with Crippen LogP contribution in [0.15, 0.2) is 41.9 Å². The highest BCUT2D eigenvalue weighted by atomic mass is 32.1. The summed E-state index contributed by atoms with van der Waals surface area (Å²) in [4.78, 5) is 69.6. The second kappa shape index (κ2) is 19.1. The number of fused-ring (bicyclic) bond motifs is 6. The number of aromatic nitrogens is 3. The minimum absolute atomic E-state index is 0.111. The standard InChI is InChI=1S/C47H65N9O6S/c1-11-55-38-17-16-30-20-33(38)34(42(55)32-14-12-18-49-40(32)29(5)61-10)22-47(6,7)26-62-45(59)35-15-13-19-56(52-35)44(58)36(21-39-50-37(30)25-63-39)51-43(57)41(27(2)3)53(9)46(60)54-23-31(24-54)28(4)48-8/h12,14,16-18,20,25,27-29,31,35-36,41,48,52H,11,13,15,19,21-24,26H2,1-10H3,(H,51,57)/t28-,29-,35-,36-,41-/m0/s1. The van der Waals surface area contributed by atoms with E-state index < -0.39 is 35.4 Å². The molecule has 3 aliphatic heterocycles. The smallest absolute Gasteiger partial charge is 0.324 e. The minimum Gasteiger partial charge on any atom is -0.464 e. The van der Waals surface area contributed by atoms with Crippen LogP contribution in [-0.2, 0) is 43.2 Å². The molecule has 2 saturated heterocycles. The van der Waals surface area contributed by atoms with Crippen LogP contribution in [-0.4, -0.2) is 125 Å². The van der Waals surface area contributed by atoms with Gasteiger partial charge in [-0.3, -0.25) is 24.4 Å². The Morgan fingerprint density at radius 3 is 2.60 bits per heavy atom. The number of urea groups is 1. The molecule has 1 aromatic carbocycles. The molecule has 63 heavy (non-hydrogen) atoms. The fourth-order valence-corrected chi connectivity index (χ4v) is 10.2. The van der Waals surface area contributed by atoms with Gasteiger partial charge >= 0.3 is 12.0 Å². The zero-order valence-corrected chi connectivity index (χ0v) is 39.3. The molecule has 340 valence electrons. The molecule has 0 unspecified atom stereocenters. The molecule has 0 spiro atoms. The molecular weight excluding hydrogens is 819 g/mol. The van der Waals surface area contributed by atoms with Crippen LogP contribution in [0.25, 0.3) is 33.4 Å². The first kappa shape index (κ1) is 46.1. The van der Waals surface area contributed by atoms with Crippen LogP contribution < -0.4 is 16.1 Å². The van der Waals surface area contributed by atoms with E-state index in [1.165, 1.54) is 21.2 Å². The van der Waals surface area contributed by atoms with Gasteiger partial charge in [-0.05, 0) is 82.8 Å². The summed E-state index contributed by atoms with van der Waals surface area (Å²) in [7, 11) is 5.25. The number of aryl methyl sites for hydroxylation is 1. The maximum Gasteiger partial charge on any atom is 0.324 e. The SMILES string of the molecule is CCn1c(-c2cccnc2[C@H](C)OC)c2c3cc(ccc31)-c1csc(n1)C[C@H](NC(=O)[C@H](C(C)C)N(C)C(=O)N1CC([C@H](C)NC)C1)C(=O)N1CCC[C@H](N1)C(=O)OCC(C)(C)C2. The van der Waals surface area contributed by atoms with Gasteiger partial charge in [-0.25, -0.2) is 15.2 Å². The maximum atomic E-state index is 14.6. The molecule has 0 saturated carbocycles. The van der Waals surface area contributed by atoms with Crippen LogP contribution in [0.5, 0.6) is 0 Å². The van der Waals surface area contributed by atoms with E-state index >= 15 is 0 Å². The molecule has 0 radical (unpaired) electrons. The summed E-state index contributed by atoms with van der Waals surface area (Å²) in [5.74, 6) is -1.17. The van der Waals surface area contributed by atoms with Crippen LogP contribution in [0.1, 0.15) is 83.7 Å². The number of amides is 4. The number of cyclic esters (lactones) is 1. The Balaban J connectivity index is 1.27. The Hall–Kier alpha value is -4.90. The van der Waals surface area contributed by atoms with Gasteiger partial charge in [-0.2, -0.15) is 0 Å². The Labute approximate surface area is 375 Å². The number of methoxy groups -OCH3 is 1. The van der Waals surface area contributed by atoms with Crippen LogP contribution in [0, 0.1) is 17.3 Å². The molecule has 5 atom stereocenters. The molecular formula is C47H65N9O6S. The van der Waals surface area contributed by atoms with Crippen molar-refractivity contribution in [3.8, 4) is 22.5 Å². The van der Waals surface area contributed by atoms with Crippen molar-refractivity contribution >= 4 is 46.1 Å². The number of likely N-dealkylation sites (N-methyl/N-ethyl adjacent to an activating group) is 1. The Bertz CT molecular complexity index is 2320. The fourth-order valence-electron chi connectivity index (χ4n) is 9.31. The third-order valence-corrected chi connectivity index (χ3v) is 14.0. The molecule has 15 nitrogen and oxygen atoms in total. The van der Waals surface area contributed by atoms with Gasteiger partial charge in [-0.1, -0.05) is 33.8 Å². The van der Waals surface area contributed by atoms with Gasteiger partial charge in [0, 0.05) is 97.7 Å². The highest BCUT2D eigenvalue weighted by Gasteiger charge is 2.41. The van der Waals surface area contributed by atoms with E-state index in [1.807, 2.05) is 39.3 Å². The van der Waals surface area contributed by atoms with Crippen molar-refractivity contribution in [2.24, 2.45) is 17.3 Å². The largest absolute Gasteiger partial charge is 0.464 e. The topological polar surface area (TPSA) is 163 Å². The summed E-state index contributed by atoms with van der Waals surface area (Å²) in [5, 5.41) is 11.5. The number of esters is 1. The van der Waals surface area contributed by atoms with Crippen molar-refractivity contribution in [3.05, 3.63) is 58.2 Å². The predicted octanol–water partition coefficient (Wildman–Crippen LogP) is 5.82. The number of rotatable bonds is 10. The molecule has 0 aliphatic carbocycles. The van der Waals surface area contributed by atoms with E-state index in [0.29, 0.717) is 56.4 Å². The molecule has 4 amide bonds. The second-order valence-corrected chi connectivity index (χ2v) is 19.5. The number of thiazole rings is 1. The lowest BCUT2D eigenvalue weighted by Crippen LogP contribution is -2.64. The molecule has 7 rings (SSSR count).